The summed E-state index contributed by atoms with van der Waals surface area (Å²) >= 11 is 5.81. The van der Waals surface area contributed by atoms with Gasteiger partial charge in [0.25, 0.3) is 0 Å². The molecule has 0 aliphatic carbocycles. The van der Waals surface area contributed by atoms with E-state index in [1.165, 1.54) is 13.2 Å². The molecule has 2 N–H and O–H groups in total. The lowest BCUT2D eigenvalue weighted by atomic mass is 10.0. The molecule has 94 valence electrons. The number of hydrogen-bond donors (Lipinski definition) is 2. The van der Waals surface area contributed by atoms with E-state index >= 15 is 0 Å². The van der Waals surface area contributed by atoms with Crippen LogP contribution in [0.5, 0.6) is 17.2 Å². The van der Waals surface area contributed by atoms with Gasteiger partial charge < -0.3 is 14.9 Å². The Bertz CT molecular complexity index is 429. The maximum atomic E-state index is 11.8. The molecule has 0 bridgehead atoms. The predicted octanol–water partition coefficient (Wildman–Crippen LogP) is 3.13. The number of hydrogen-bond acceptors (Lipinski definition) is 4. The molecule has 0 aliphatic heterocycles. The number of Topliss-reactive ketones (excluding diaryl/α,β-unsaturated/α-hetero) is 1. The zero-order chi connectivity index (χ0) is 13.0. The number of carbonyl (C=O) groups is 1. The van der Waals surface area contributed by atoms with E-state index in [1.54, 1.807) is 0 Å². The number of benzene rings is 1. The van der Waals surface area contributed by atoms with Gasteiger partial charge in [0, 0.05) is 12.5 Å². The fraction of sp³-hybridized carbons (Fsp3) is 0.417. The number of phenolic OH excluding ortho intramolecular Hbond substituents is 2. The van der Waals surface area contributed by atoms with Crippen molar-refractivity contribution >= 4 is 17.4 Å². The quantitative estimate of drug-likeness (QED) is 0.797. The van der Waals surface area contributed by atoms with E-state index in [0.29, 0.717) is 6.42 Å². The molecule has 0 fully saturated rings. The molecule has 0 unspecified atom stereocenters. The van der Waals surface area contributed by atoms with Crippen molar-refractivity contribution in [1.82, 2.24) is 0 Å². The third kappa shape index (κ3) is 2.82. The fourth-order valence-corrected chi connectivity index (χ4v) is 1.72. The summed E-state index contributed by atoms with van der Waals surface area (Å²) in [5.74, 6) is -0.936. The maximum Gasteiger partial charge on any atom is 0.170 e. The summed E-state index contributed by atoms with van der Waals surface area (Å²) in [6.07, 6.45) is 1.82. The number of unbranched alkanes of at least 4 members (excludes halogenated alkanes) is 1. The van der Waals surface area contributed by atoms with Crippen LogP contribution in [0.1, 0.15) is 36.5 Å². The van der Waals surface area contributed by atoms with Crippen molar-refractivity contribution in [3.63, 3.8) is 0 Å². The highest BCUT2D eigenvalue weighted by molar-refractivity contribution is 6.34. The van der Waals surface area contributed by atoms with Crippen molar-refractivity contribution in [2.24, 2.45) is 0 Å². The summed E-state index contributed by atoms with van der Waals surface area (Å²) in [5.41, 5.74) is -0.135. The van der Waals surface area contributed by atoms with Crippen LogP contribution in [-0.2, 0) is 0 Å². The van der Waals surface area contributed by atoms with E-state index in [4.69, 9.17) is 16.3 Å². The van der Waals surface area contributed by atoms with Gasteiger partial charge in [-0.05, 0) is 6.42 Å². The van der Waals surface area contributed by atoms with Gasteiger partial charge in [-0.1, -0.05) is 24.9 Å². The highest BCUT2D eigenvalue weighted by Crippen LogP contribution is 2.42. The Morgan fingerprint density at radius 2 is 2.12 bits per heavy atom. The standard InChI is InChI=1S/C12H15ClO4/c1-3-4-5-7(14)10-8(15)6-9(17-2)11(13)12(10)16/h6,15-16H,3-5H2,1-2H3. The monoisotopic (exact) mass is 258 g/mol. The van der Waals surface area contributed by atoms with Crippen molar-refractivity contribution in [2.45, 2.75) is 26.2 Å². The number of carbonyl (C=O) groups excluding carboxylic acids is 1. The Labute approximate surface area is 105 Å². The highest BCUT2D eigenvalue weighted by Gasteiger charge is 2.21. The van der Waals surface area contributed by atoms with Gasteiger partial charge in [-0.2, -0.15) is 0 Å². The number of ether oxygens (including phenoxy) is 1. The highest BCUT2D eigenvalue weighted by atomic mass is 35.5. The van der Waals surface area contributed by atoms with E-state index in [1.807, 2.05) is 6.92 Å². The number of rotatable bonds is 5. The van der Waals surface area contributed by atoms with Crippen LogP contribution in [0.2, 0.25) is 5.02 Å². The topological polar surface area (TPSA) is 66.8 Å². The van der Waals surface area contributed by atoms with Crippen LogP contribution < -0.4 is 4.74 Å². The van der Waals surface area contributed by atoms with E-state index in [0.717, 1.165) is 6.42 Å². The summed E-state index contributed by atoms with van der Waals surface area (Å²) in [5, 5.41) is 19.4. The lowest BCUT2D eigenvalue weighted by Gasteiger charge is -2.11. The second-order valence-electron chi connectivity index (χ2n) is 3.66. The summed E-state index contributed by atoms with van der Waals surface area (Å²) < 4.78 is 4.86. The smallest absolute Gasteiger partial charge is 0.170 e. The van der Waals surface area contributed by atoms with Gasteiger partial charge in [-0.15, -0.1) is 0 Å². The predicted molar refractivity (Wildman–Crippen MR) is 65.2 cm³/mol. The molecule has 1 aromatic rings. The Morgan fingerprint density at radius 3 is 2.65 bits per heavy atom. The van der Waals surface area contributed by atoms with Crippen LogP contribution in [0.4, 0.5) is 0 Å². The molecule has 0 radical (unpaired) electrons. The van der Waals surface area contributed by atoms with Gasteiger partial charge >= 0.3 is 0 Å². The number of halogens is 1. The van der Waals surface area contributed by atoms with Crippen molar-refractivity contribution < 1.29 is 19.7 Å². The van der Waals surface area contributed by atoms with Crippen molar-refractivity contribution in [3.05, 3.63) is 16.7 Å². The van der Waals surface area contributed by atoms with Gasteiger partial charge in [0.2, 0.25) is 0 Å². The Hall–Kier alpha value is -1.42. The number of methoxy groups -OCH3 is 1. The van der Waals surface area contributed by atoms with E-state index in [9.17, 15) is 15.0 Å². The van der Waals surface area contributed by atoms with Gasteiger partial charge in [-0.25, -0.2) is 0 Å². The van der Waals surface area contributed by atoms with Gasteiger partial charge in [0.15, 0.2) is 11.5 Å². The van der Waals surface area contributed by atoms with E-state index in [2.05, 4.69) is 0 Å². The molecule has 5 heteroatoms. The van der Waals surface area contributed by atoms with Crippen molar-refractivity contribution in [3.8, 4) is 17.2 Å². The normalized spacial score (nSPS) is 10.3. The molecule has 1 rings (SSSR count). The molecule has 0 aromatic heterocycles. The van der Waals surface area contributed by atoms with E-state index < -0.39 is 5.75 Å². The molecule has 0 amide bonds. The van der Waals surface area contributed by atoms with Crippen LogP contribution >= 0.6 is 11.6 Å². The first-order valence-electron chi connectivity index (χ1n) is 5.34. The molecule has 4 nitrogen and oxygen atoms in total. The molecule has 1 aromatic carbocycles. The minimum atomic E-state index is -0.426. The summed E-state index contributed by atoms with van der Waals surface area (Å²) in [7, 11) is 1.36. The zero-order valence-corrected chi connectivity index (χ0v) is 10.5. The first-order valence-corrected chi connectivity index (χ1v) is 5.72. The van der Waals surface area contributed by atoms with Gasteiger partial charge in [-0.3, -0.25) is 4.79 Å². The lowest BCUT2D eigenvalue weighted by molar-refractivity contribution is 0.0974. The second-order valence-corrected chi connectivity index (χ2v) is 4.04. The van der Waals surface area contributed by atoms with Gasteiger partial charge in [0.1, 0.15) is 22.1 Å². The molecule has 0 spiro atoms. The summed E-state index contributed by atoms with van der Waals surface area (Å²) in [6, 6.07) is 1.22. The average Bonchev–Trinajstić information content (AvgIpc) is 2.31. The minimum absolute atomic E-state index is 0.0647. The minimum Gasteiger partial charge on any atom is -0.507 e. The number of aromatic hydroxyl groups is 2. The second kappa shape index (κ2) is 5.77. The molecule has 0 atom stereocenters. The maximum absolute atomic E-state index is 11.8. The lowest BCUT2D eigenvalue weighted by Crippen LogP contribution is -2.01. The Balaban J connectivity index is 3.16. The van der Waals surface area contributed by atoms with Crippen LogP contribution in [0, 0.1) is 0 Å². The Kier molecular flexibility index (Phi) is 4.63. The van der Waals surface area contributed by atoms with Gasteiger partial charge in [0.05, 0.1) is 7.11 Å². The number of phenols is 2. The fourth-order valence-electron chi connectivity index (χ4n) is 1.49. The van der Waals surface area contributed by atoms with Crippen LogP contribution in [0.25, 0.3) is 0 Å². The van der Waals surface area contributed by atoms with Crippen molar-refractivity contribution in [1.29, 1.82) is 0 Å². The van der Waals surface area contributed by atoms with E-state index in [-0.39, 0.29) is 34.3 Å². The van der Waals surface area contributed by atoms with Crippen LogP contribution in [0.3, 0.4) is 0 Å². The summed E-state index contributed by atoms with van der Waals surface area (Å²) in [4.78, 5) is 11.8. The molecule has 0 aliphatic rings. The SMILES string of the molecule is CCCCC(=O)c1c(O)cc(OC)c(Cl)c1O. The van der Waals surface area contributed by atoms with Crippen LogP contribution in [0.15, 0.2) is 6.07 Å². The van der Waals surface area contributed by atoms with Crippen molar-refractivity contribution in [2.75, 3.05) is 7.11 Å². The number of ketones is 1. The first-order chi connectivity index (χ1) is 8.02. The Morgan fingerprint density at radius 1 is 1.47 bits per heavy atom. The van der Waals surface area contributed by atoms with Crippen LogP contribution in [-0.4, -0.2) is 23.1 Å². The summed E-state index contributed by atoms with van der Waals surface area (Å²) in [6.45, 7) is 1.95. The molecule has 0 heterocycles. The molecule has 17 heavy (non-hydrogen) atoms. The third-order valence-corrected chi connectivity index (χ3v) is 2.81. The average molecular weight is 259 g/mol. The zero-order valence-electron chi connectivity index (χ0n) is 9.79. The molecular formula is C12H15ClO4. The third-order valence-electron chi connectivity index (χ3n) is 2.44. The largest absolute Gasteiger partial charge is 0.507 e. The first kappa shape index (κ1) is 13.6. The molecular weight excluding hydrogens is 244 g/mol. The molecule has 0 saturated carbocycles. The molecule has 0 saturated heterocycles.